The molecule has 2 aromatic rings. The van der Waals surface area contributed by atoms with Crippen LogP contribution in [-0.4, -0.2) is 48.8 Å². The molecule has 1 N–H and O–H groups in total. The second-order valence-electron chi connectivity index (χ2n) is 6.30. The Morgan fingerprint density at radius 3 is 2.60 bits per heavy atom. The van der Waals surface area contributed by atoms with Crippen LogP contribution in [0.3, 0.4) is 0 Å². The van der Waals surface area contributed by atoms with Crippen LogP contribution in [0.15, 0.2) is 53.4 Å². The van der Waals surface area contributed by atoms with Gasteiger partial charge in [0.2, 0.25) is 0 Å². The predicted molar refractivity (Wildman–Crippen MR) is 116 cm³/mol. The number of ether oxygens (including phenoxy) is 2. The number of carbonyl (C=O) groups excluding carboxylic acids is 3. The zero-order valence-electron chi connectivity index (χ0n) is 16.7. The first-order valence-electron chi connectivity index (χ1n) is 9.43. The van der Waals surface area contributed by atoms with Gasteiger partial charge in [-0.1, -0.05) is 30.3 Å². The van der Waals surface area contributed by atoms with Gasteiger partial charge in [0.25, 0.3) is 17.1 Å². The summed E-state index contributed by atoms with van der Waals surface area (Å²) in [5, 5.41) is 2.38. The number of hydrogen-bond acceptors (Lipinski definition) is 6. The van der Waals surface area contributed by atoms with Crippen LogP contribution in [0.2, 0.25) is 0 Å². The van der Waals surface area contributed by atoms with Crippen LogP contribution in [0.25, 0.3) is 6.08 Å². The third kappa shape index (κ3) is 5.01. The molecule has 0 spiro atoms. The number of imide groups is 1. The molecule has 7 nitrogen and oxygen atoms in total. The largest absolute Gasteiger partial charge is 0.493 e. The van der Waals surface area contributed by atoms with Crippen LogP contribution in [0.4, 0.5) is 4.79 Å². The van der Waals surface area contributed by atoms with Crippen LogP contribution < -0.4 is 14.8 Å². The summed E-state index contributed by atoms with van der Waals surface area (Å²) in [6.07, 6.45) is 1.69. The van der Waals surface area contributed by atoms with Gasteiger partial charge in [-0.3, -0.25) is 19.3 Å². The minimum absolute atomic E-state index is 0.0939. The zero-order chi connectivity index (χ0) is 21.5. The highest BCUT2D eigenvalue weighted by Crippen LogP contribution is 2.32. The van der Waals surface area contributed by atoms with E-state index in [2.05, 4.69) is 5.32 Å². The molecule has 2 aromatic carbocycles. The van der Waals surface area contributed by atoms with E-state index in [-0.39, 0.29) is 30.1 Å². The Kier molecular flexibility index (Phi) is 7.13. The molecule has 0 radical (unpaired) electrons. The molecule has 30 heavy (non-hydrogen) atoms. The van der Waals surface area contributed by atoms with Gasteiger partial charge >= 0.3 is 0 Å². The van der Waals surface area contributed by atoms with Crippen molar-refractivity contribution in [1.29, 1.82) is 0 Å². The molecule has 156 valence electrons. The number of benzene rings is 2. The highest BCUT2D eigenvalue weighted by atomic mass is 32.2. The van der Waals surface area contributed by atoms with Crippen LogP contribution in [0.1, 0.15) is 22.8 Å². The molecule has 0 aliphatic carbocycles. The molecular formula is C22H22N2O5S. The molecule has 0 aromatic heterocycles. The van der Waals surface area contributed by atoms with E-state index in [1.165, 1.54) is 7.11 Å². The third-order valence-electron chi connectivity index (χ3n) is 4.32. The highest BCUT2D eigenvalue weighted by Gasteiger charge is 2.34. The number of hydrogen-bond donors (Lipinski definition) is 1. The van der Waals surface area contributed by atoms with Crippen molar-refractivity contribution in [2.24, 2.45) is 0 Å². The first kappa shape index (κ1) is 21.4. The maximum Gasteiger partial charge on any atom is 0.293 e. The number of methoxy groups -OCH3 is 1. The van der Waals surface area contributed by atoms with E-state index in [9.17, 15) is 14.4 Å². The van der Waals surface area contributed by atoms with Crippen LogP contribution in [0, 0.1) is 0 Å². The minimum Gasteiger partial charge on any atom is -0.493 e. The standard InChI is InChI=1S/C22H22N2O5S/c1-3-29-17-10-9-16(14-18(17)28-2)20(25)23-11-12-24-21(26)19(30-22(24)27)13-15-7-5-4-6-8-15/h4-10,13-14H,3,11-12H2,1-2H3,(H,23,25)/b19-13-. The summed E-state index contributed by atoms with van der Waals surface area (Å²) in [4.78, 5) is 38.6. The fraction of sp³-hybridized carbons (Fsp3) is 0.227. The Labute approximate surface area is 179 Å². The van der Waals surface area contributed by atoms with Gasteiger partial charge in [-0.25, -0.2) is 0 Å². The molecule has 1 aliphatic heterocycles. The van der Waals surface area contributed by atoms with Crippen molar-refractivity contribution in [1.82, 2.24) is 10.2 Å². The SMILES string of the molecule is CCOc1ccc(C(=O)NCCN2C(=O)S/C(=C\c3ccccc3)C2=O)cc1OC. The van der Waals surface area contributed by atoms with E-state index in [0.29, 0.717) is 28.6 Å². The smallest absolute Gasteiger partial charge is 0.293 e. The summed E-state index contributed by atoms with van der Waals surface area (Å²) >= 11 is 0.898. The summed E-state index contributed by atoms with van der Waals surface area (Å²) in [7, 11) is 1.50. The number of carbonyl (C=O) groups is 3. The van der Waals surface area contributed by atoms with Crippen LogP contribution >= 0.6 is 11.8 Å². The third-order valence-corrected chi connectivity index (χ3v) is 5.22. The number of nitrogens with one attached hydrogen (secondary N) is 1. The summed E-state index contributed by atoms with van der Waals surface area (Å²) < 4.78 is 10.7. The fourth-order valence-corrected chi connectivity index (χ4v) is 3.73. The number of thioether (sulfide) groups is 1. The van der Waals surface area contributed by atoms with E-state index < -0.39 is 0 Å². The molecule has 1 saturated heterocycles. The van der Waals surface area contributed by atoms with Gasteiger partial charge in [-0.05, 0) is 48.5 Å². The highest BCUT2D eigenvalue weighted by molar-refractivity contribution is 8.18. The molecule has 8 heteroatoms. The lowest BCUT2D eigenvalue weighted by atomic mass is 10.2. The van der Waals surface area contributed by atoms with Gasteiger partial charge in [0.1, 0.15) is 0 Å². The van der Waals surface area contributed by atoms with Gasteiger partial charge in [0, 0.05) is 18.7 Å². The maximum atomic E-state index is 12.5. The van der Waals surface area contributed by atoms with Crippen molar-refractivity contribution in [2.75, 3.05) is 26.8 Å². The predicted octanol–water partition coefficient (Wildman–Crippen LogP) is 3.56. The Morgan fingerprint density at radius 2 is 1.90 bits per heavy atom. The van der Waals surface area contributed by atoms with Crippen LogP contribution in [0.5, 0.6) is 11.5 Å². The van der Waals surface area contributed by atoms with E-state index in [0.717, 1.165) is 22.2 Å². The Hall–Kier alpha value is -3.26. The van der Waals surface area contributed by atoms with Gasteiger partial charge in [-0.15, -0.1) is 0 Å². The first-order valence-corrected chi connectivity index (χ1v) is 10.2. The van der Waals surface area contributed by atoms with Crippen molar-refractivity contribution in [3.8, 4) is 11.5 Å². The number of rotatable bonds is 8. The summed E-state index contributed by atoms with van der Waals surface area (Å²) in [5.74, 6) is 0.329. The lowest BCUT2D eigenvalue weighted by Crippen LogP contribution is -2.37. The van der Waals surface area contributed by atoms with Crippen molar-refractivity contribution in [2.45, 2.75) is 6.92 Å². The van der Waals surface area contributed by atoms with E-state index >= 15 is 0 Å². The molecule has 1 heterocycles. The van der Waals surface area contributed by atoms with E-state index in [1.807, 2.05) is 37.3 Å². The first-order chi connectivity index (χ1) is 14.5. The van der Waals surface area contributed by atoms with Crippen molar-refractivity contribution in [3.05, 3.63) is 64.6 Å². The van der Waals surface area contributed by atoms with Crippen LogP contribution in [-0.2, 0) is 4.79 Å². The molecule has 0 saturated carbocycles. The molecule has 0 atom stereocenters. The Balaban J connectivity index is 1.58. The number of amides is 3. The molecule has 3 rings (SSSR count). The van der Waals surface area contributed by atoms with Gasteiger partial charge < -0.3 is 14.8 Å². The molecule has 0 unspecified atom stereocenters. The monoisotopic (exact) mass is 426 g/mol. The quantitative estimate of drug-likeness (QED) is 0.650. The zero-order valence-corrected chi connectivity index (χ0v) is 17.5. The number of nitrogens with zero attached hydrogens (tertiary/aromatic N) is 1. The lowest BCUT2D eigenvalue weighted by Gasteiger charge is -2.14. The molecule has 0 bridgehead atoms. The Bertz CT molecular complexity index is 975. The van der Waals surface area contributed by atoms with Crippen molar-refractivity contribution >= 4 is 34.9 Å². The molecule has 1 aliphatic rings. The van der Waals surface area contributed by atoms with E-state index in [1.54, 1.807) is 24.3 Å². The fourth-order valence-electron chi connectivity index (χ4n) is 2.86. The normalized spacial score (nSPS) is 14.9. The second kappa shape index (κ2) is 9.98. The van der Waals surface area contributed by atoms with Crippen molar-refractivity contribution < 1.29 is 23.9 Å². The average molecular weight is 426 g/mol. The van der Waals surface area contributed by atoms with Gasteiger partial charge in [-0.2, -0.15) is 0 Å². The molecular weight excluding hydrogens is 404 g/mol. The van der Waals surface area contributed by atoms with E-state index in [4.69, 9.17) is 9.47 Å². The summed E-state index contributed by atoms with van der Waals surface area (Å²) in [5.41, 5.74) is 1.24. The molecule has 3 amide bonds. The maximum absolute atomic E-state index is 12.5. The average Bonchev–Trinajstić information content (AvgIpc) is 3.02. The van der Waals surface area contributed by atoms with Gasteiger partial charge in [0.15, 0.2) is 11.5 Å². The topological polar surface area (TPSA) is 84.9 Å². The lowest BCUT2D eigenvalue weighted by molar-refractivity contribution is -0.122. The summed E-state index contributed by atoms with van der Waals surface area (Å²) in [6.45, 7) is 2.58. The van der Waals surface area contributed by atoms with Gasteiger partial charge in [0.05, 0.1) is 18.6 Å². The minimum atomic E-state index is -0.356. The molecule has 1 fully saturated rings. The van der Waals surface area contributed by atoms with Crippen molar-refractivity contribution in [3.63, 3.8) is 0 Å². The second-order valence-corrected chi connectivity index (χ2v) is 7.29. The Morgan fingerprint density at radius 1 is 1.13 bits per heavy atom. The summed E-state index contributed by atoms with van der Waals surface area (Å²) in [6, 6.07) is 14.2.